The smallest absolute Gasteiger partial charge is 0.248 e. The minimum atomic E-state index is -0.297. The molecule has 0 saturated carbocycles. The molecule has 0 spiro atoms. The normalized spacial score (nSPS) is 16.9. The first-order valence-electron chi connectivity index (χ1n) is 9.80. The fraction of sp³-hybridized carbons (Fsp3) is 0.667. The molecule has 1 fully saturated rings. The lowest BCUT2D eigenvalue weighted by Gasteiger charge is -2.28. The summed E-state index contributed by atoms with van der Waals surface area (Å²) in [6.45, 7) is 5.99. The molecular weight excluding hydrogens is 296 g/mol. The number of primary amides is 1. The summed E-state index contributed by atoms with van der Waals surface area (Å²) in [6, 6.07) is 7.87. The zero-order chi connectivity index (χ0) is 17.2. The quantitative estimate of drug-likeness (QED) is 0.646. The number of unbranched alkanes of at least 4 members (excludes halogenated alkanes) is 2. The van der Waals surface area contributed by atoms with Crippen LogP contribution in [-0.4, -0.2) is 30.4 Å². The van der Waals surface area contributed by atoms with Crippen molar-refractivity contribution in [1.29, 1.82) is 0 Å². The van der Waals surface area contributed by atoms with Gasteiger partial charge >= 0.3 is 0 Å². The Kier molecular flexibility index (Phi) is 8.31. The van der Waals surface area contributed by atoms with E-state index < -0.39 is 0 Å². The van der Waals surface area contributed by atoms with Crippen molar-refractivity contribution >= 4 is 5.91 Å². The topological polar surface area (TPSA) is 46.3 Å². The van der Waals surface area contributed by atoms with Crippen LogP contribution in [0.15, 0.2) is 24.3 Å². The molecule has 1 aromatic rings. The lowest BCUT2D eigenvalue weighted by molar-refractivity contribution is 0.0999. The predicted molar refractivity (Wildman–Crippen MR) is 101 cm³/mol. The zero-order valence-electron chi connectivity index (χ0n) is 15.3. The Bertz CT molecular complexity index is 494. The van der Waals surface area contributed by atoms with Gasteiger partial charge in [-0.1, -0.05) is 57.2 Å². The molecule has 134 valence electrons. The van der Waals surface area contributed by atoms with Crippen LogP contribution in [-0.2, 0) is 6.42 Å². The zero-order valence-corrected chi connectivity index (χ0v) is 15.3. The molecule has 1 atom stereocenters. The number of nitrogens with two attached hydrogens (primary N) is 1. The van der Waals surface area contributed by atoms with E-state index in [0.717, 1.165) is 12.0 Å². The highest BCUT2D eigenvalue weighted by molar-refractivity contribution is 5.94. The highest BCUT2D eigenvalue weighted by Crippen LogP contribution is 2.23. The van der Waals surface area contributed by atoms with Crippen molar-refractivity contribution in [1.82, 2.24) is 4.90 Å². The number of nitrogens with zero attached hydrogens (tertiary/aromatic N) is 1. The molecule has 2 N–H and O–H groups in total. The maximum Gasteiger partial charge on any atom is 0.248 e. The van der Waals surface area contributed by atoms with Crippen LogP contribution < -0.4 is 5.73 Å². The number of benzene rings is 1. The second-order valence-corrected chi connectivity index (χ2v) is 7.28. The second kappa shape index (κ2) is 10.5. The highest BCUT2D eigenvalue weighted by Gasteiger charge is 2.17. The molecule has 3 heteroatoms. The number of amides is 1. The van der Waals surface area contributed by atoms with Crippen LogP contribution in [0.3, 0.4) is 0 Å². The lowest BCUT2D eigenvalue weighted by Crippen LogP contribution is -2.31. The average molecular weight is 331 g/mol. The van der Waals surface area contributed by atoms with Gasteiger partial charge in [-0.3, -0.25) is 4.79 Å². The van der Waals surface area contributed by atoms with Crippen molar-refractivity contribution in [2.45, 2.75) is 64.7 Å². The number of rotatable bonds is 10. The molecule has 0 radical (unpaired) electrons. The first-order valence-corrected chi connectivity index (χ1v) is 9.80. The van der Waals surface area contributed by atoms with Crippen LogP contribution in [0.4, 0.5) is 0 Å². The van der Waals surface area contributed by atoms with Crippen molar-refractivity contribution in [3.8, 4) is 0 Å². The number of hydrogen-bond acceptors (Lipinski definition) is 2. The van der Waals surface area contributed by atoms with Gasteiger partial charge in [0.05, 0.1) is 0 Å². The van der Waals surface area contributed by atoms with Crippen LogP contribution in [0, 0.1) is 5.92 Å². The van der Waals surface area contributed by atoms with Crippen LogP contribution in [0.1, 0.15) is 74.2 Å². The Balaban J connectivity index is 1.95. The average Bonchev–Trinajstić information content (AvgIpc) is 2.61. The third-order valence-corrected chi connectivity index (χ3v) is 5.31. The van der Waals surface area contributed by atoms with Gasteiger partial charge in [-0.25, -0.2) is 0 Å². The van der Waals surface area contributed by atoms with Gasteiger partial charge in [0, 0.05) is 5.56 Å². The molecule has 0 aliphatic carbocycles. The lowest BCUT2D eigenvalue weighted by atomic mass is 9.88. The number of likely N-dealkylation sites (tertiary alicyclic amines) is 1. The second-order valence-electron chi connectivity index (χ2n) is 7.28. The summed E-state index contributed by atoms with van der Waals surface area (Å²) in [5.74, 6) is 0.355. The van der Waals surface area contributed by atoms with E-state index in [9.17, 15) is 4.79 Å². The standard InChI is InChI=1S/C21H34N2O/c1-2-3-5-10-18(13-16-23-14-8-4-9-15-23)17-19-11-6-7-12-20(19)21(22)24/h6-7,11-12,18H,2-5,8-10,13-17H2,1H3,(H2,22,24). The van der Waals surface area contributed by atoms with E-state index in [0.29, 0.717) is 11.5 Å². The Morgan fingerprint density at radius 1 is 1.12 bits per heavy atom. The molecule has 0 bridgehead atoms. The van der Waals surface area contributed by atoms with Crippen LogP contribution >= 0.6 is 0 Å². The summed E-state index contributed by atoms with van der Waals surface area (Å²) in [7, 11) is 0. The van der Waals surface area contributed by atoms with Crippen molar-refractivity contribution in [3.05, 3.63) is 35.4 Å². The predicted octanol–water partition coefficient (Wildman–Crippen LogP) is 4.40. The molecule has 1 heterocycles. The van der Waals surface area contributed by atoms with E-state index in [-0.39, 0.29) is 5.91 Å². The van der Waals surface area contributed by atoms with Crippen molar-refractivity contribution in [2.24, 2.45) is 11.7 Å². The Hall–Kier alpha value is -1.35. The molecule has 1 aromatic carbocycles. The third-order valence-electron chi connectivity index (χ3n) is 5.31. The van der Waals surface area contributed by atoms with Gasteiger partial charge in [0.2, 0.25) is 5.91 Å². The summed E-state index contributed by atoms with van der Waals surface area (Å²) in [5, 5.41) is 0. The minimum absolute atomic E-state index is 0.297. The Morgan fingerprint density at radius 3 is 2.58 bits per heavy atom. The molecule has 3 nitrogen and oxygen atoms in total. The monoisotopic (exact) mass is 330 g/mol. The fourth-order valence-corrected chi connectivity index (χ4v) is 3.83. The third kappa shape index (κ3) is 6.27. The van der Waals surface area contributed by atoms with Crippen molar-refractivity contribution in [2.75, 3.05) is 19.6 Å². The van der Waals surface area contributed by atoms with Gasteiger partial charge in [0.1, 0.15) is 0 Å². The summed E-state index contributed by atoms with van der Waals surface area (Å²) in [6.07, 6.45) is 11.4. The summed E-state index contributed by atoms with van der Waals surface area (Å²) >= 11 is 0. The van der Waals surface area contributed by atoms with Gasteiger partial charge < -0.3 is 10.6 Å². The molecule has 1 amide bonds. The molecule has 24 heavy (non-hydrogen) atoms. The molecular formula is C21H34N2O. The van der Waals surface area contributed by atoms with Gasteiger partial charge in [-0.05, 0) is 62.9 Å². The van der Waals surface area contributed by atoms with E-state index >= 15 is 0 Å². The summed E-state index contributed by atoms with van der Waals surface area (Å²) < 4.78 is 0. The van der Waals surface area contributed by atoms with Crippen LogP contribution in [0.2, 0.25) is 0 Å². The molecule has 2 rings (SSSR count). The Morgan fingerprint density at radius 2 is 1.88 bits per heavy atom. The van der Waals surface area contributed by atoms with E-state index in [4.69, 9.17) is 5.73 Å². The maximum absolute atomic E-state index is 11.7. The van der Waals surface area contributed by atoms with Gasteiger partial charge in [-0.15, -0.1) is 0 Å². The van der Waals surface area contributed by atoms with E-state index in [1.807, 2.05) is 18.2 Å². The van der Waals surface area contributed by atoms with Crippen LogP contribution in [0.5, 0.6) is 0 Å². The fourth-order valence-electron chi connectivity index (χ4n) is 3.83. The van der Waals surface area contributed by atoms with Crippen molar-refractivity contribution < 1.29 is 4.79 Å². The molecule has 1 unspecified atom stereocenters. The molecule has 1 aliphatic heterocycles. The number of piperidine rings is 1. The van der Waals surface area contributed by atoms with E-state index in [1.165, 1.54) is 71.0 Å². The van der Waals surface area contributed by atoms with Crippen LogP contribution in [0.25, 0.3) is 0 Å². The highest BCUT2D eigenvalue weighted by atomic mass is 16.1. The van der Waals surface area contributed by atoms with Crippen molar-refractivity contribution in [3.63, 3.8) is 0 Å². The first-order chi connectivity index (χ1) is 11.7. The molecule has 1 saturated heterocycles. The number of carbonyl (C=O) groups excluding carboxylic acids is 1. The SMILES string of the molecule is CCCCCC(CCN1CCCCC1)Cc1ccccc1C(N)=O. The minimum Gasteiger partial charge on any atom is -0.366 e. The summed E-state index contributed by atoms with van der Waals surface area (Å²) in [4.78, 5) is 14.3. The number of carbonyl (C=O) groups is 1. The maximum atomic E-state index is 11.7. The van der Waals surface area contributed by atoms with Gasteiger partial charge in [-0.2, -0.15) is 0 Å². The number of hydrogen-bond donors (Lipinski definition) is 1. The summed E-state index contributed by atoms with van der Waals surface area (Å²) in [5.41, 5.74) is 7.39. The molecule has 1 aliphatic rings. The molecule has 0 aromatic heterocycles. The van der Waals surface area contributed by atoms with Gasteiger partial charge in [0.25, 0.3) is 0 Å². The van der Waals surface area contributed by atoms with Gasteiger partial charge in [0.15, 0.2) is 0 Å². The Labute approximate surface area is 147 Å². The largest absolute Gasteiger partial charge is 0.366 e. The first kappa shape index (κ1) is 19.0. The van der Waals surface area contributed by atoms with E-state index in [1.54, 1.807) is 0 Å². The van der Waals surface area contributed by atoms with E-state index in [2.05, 4.69) is 17.9 Å².